The fourth-order valence-corrected chi connectivity index (χ4v) is 2.84. The van der Waals surface area contributed by atoms with Crippen LogP contribution in [-0.2, 0) is 13.0 Å². The van der Waals surface area contributed by atoms with Crippen molar-refractivity contribution in [3.05, 3.63) is 46.4 Å². The van der Waals surface area contributed by atoms with Gasteiger partial charge in [0.05, 0.1) is 0 Å². The highest BCUT2D eigenvalue weighted by atomic mass is 32.2. The Morgan fingerprint density at radius 3 is 2.80 bits per heavy atom. The summed E-state index contributed by atoms with van der Waals surface area (Å²) in [7, 11) is 0. The Kier molecular flexibility index (Phi) is 5.88. The number of H-pyrrole nitrogens is 1. The quantitative estimate of drug-likeness (QED) is 0.574. The molecule has 0 saturated heterocycles. The molecule has 20 heavy (non-hydrogen) atoms. The zero-order chi connectivity index (χ0) is 14.2. The third-order valence-corrected chi connectivity index (χ3v) is 4.04. The van der Waals surface area contributed by atoms with Gasteiger partial charge in [-0.3, -0.25) is 4.57 Å². The van der Waals surface area contributed by atoms with Crippen LogP contribution >= 0.6 is 11.8 Å². The molecule has 108 valence electrons. The van der Waals surface area contributed by atoms with Crippen LogP contribution in [0.4, 0.5) is 0 Å². The second kappa shape index (κ2) is 7.91. The molecule has 0 bridgehead atoms. The number of aryl methyl sites for hydroxylation is 1. The number of aliphatic hydroxyl groups is 1. The summed E-state index contributed by atoms with van der Waals surface area (Å²) in [6.07, 6.45) is 2.51. The molecule has 1 aromatic carbocycles. The lowest BCUT2D eigenvalue weighted by Gasteiger charge is -2.05. The Morgan fingerprint density at radius 2 is 2.05 bits per heavy atom. The average Bonchev–Trinajstić information content (AvgIpc) is 2.83. The monoisotopic (exact) mass is 293 g/mol. The van der Waals surface area contributed by atoms with E-state index in [1.54, 1.807) is 16.3 Å². The number of benzene rings is 1. The smallest absolute Gasteiger partial charge is 0.343 e. The van der Waals surface area contributed by atoms with Crippen molar-refractivity contribution in [1.29, 1.82) is 0 Å². The largest absolute Gasteiger partial charge is 0.396 e. The lowest BCUT2D eigenvalue weighted by Crippen LogP contribution is -2.18. The molecule has 0 radical (unpaired) electrons. The van der Waals surface area contributed by atoms with Crippen LogP contribution in [0.15, 0.2) is 40.3 Å². The zero-order valence-electron chi connectivity index (χ0n) is 11.3. The van der Waals surface area contributed by atoms with Gasteiger partial charge in [-0.15, -0.1) is 5.10 Å². The molecule has 0 unspecified atom stereocenters. The molecule has 2 N–H and O–H groups in total. The molecule has 2 aromatic rings. The van der Waals surface area contributed by atoms with Gasteiger partial charge in [0, 0.05) is 18.9 Å². The lowest BCUT2D eigenvalue weighted by atomic mass is 10.1. The van der Waals surface area contributed by atoms with E-state index < -0.39 is 0 Å². The molecular formula is C14H19N3O2S. The van der Waals surface area contributed by atoms with Crippen molar-refractivity contribution in [2.75, 3.05) is 12.4 Å². The number of thioether (sulfide) groups is 1. The van der Waals surface area contributed by atoms with Crippen molar-refractivity contribution in [2.45, 2.75) is 31.0 Å². The van der Waals surface area contributed by atoms with Gasteiger partial charge < -0.3 is 5.11 Å². The van der Waals surface area contributed by atoms with Crippen LogP contribution in [0.2, 0.25) is 0 Å². The van der Waals surface area contributed by atoms with Gasteiger partial charge in [0.1, 0.15) is 0 Å². The minimum absolute atomic E-state index is 0.161. The fourth-order valence-electron chi connectivity index (χ4n) is 1.87. The number of nitrogens with zero attached hydrogens (tertiary/aromatic N) is 2. The molecule has 0 spiro atoms. The first-order valence-electron chi connectivity index (χ1n) is 6.74. The number of aliphatic hydroxyl groups excluding tert-OH is 1. The summed E-state index contributed by atoms with van der Waals surface area (Å²) < 4.78 is 1.68. The van der Waals surface area contributed by atoms with Crippen LogP contribution in [0.25, 0.3) is 0 Å². The summed E-state index contributed by atoms with van der Waals surface area (Å²) in [4.78, 5) is 11.7. The lowest BCUT2D eigenvalue weighted by molar-refractivity contribution is 0.287. The van der Waals surface area contributed by atoms with Crippen LogP contribution in [0.5, 0.6) is 0 Å². The predicted octanol–water partition coefficient (Wildman–Crippen LogP) is 1.68. The first-order valence-corrected chi connectivity index (χ1v) is 7.72. The van der Waals surface area contributed by atoms with Crippen LogP contribution < -0.4 is 5.69 Å². The Bertz CT molecular complexity index is 565. The van der Waals surface area contributed by atoms with Crippen LogP contribution in [0, 0.1) is 0 Å². The topological polar surface area (TPSA) is 70.9 Å². The van der Waals surface area contributed by atoms with Gasteiger partial charge in [0.25, 0.3) is 0 Å². The number of hydrogen-bond donors (Lipinski definition) is 2. The van der Waals surface area contributed by atoms with Crippen molar-refractivity contribution < 1.29 is 5.11 Å². The van der Waals surface area contributed by atoms with E-state index in [9.17, 15) is 4.79 Å². The van der Waals surface area contributed by atoms with Crippen molar-refractivity contribution in [3.63, 3.8) is 0 Å². The maximum atomic E-state index is 11.7. The minimum atomic E-state index is -0.161. The SMILES string of the molecule is O=c1[nH]nc(SCCCCO)n1CCc1ccccc1. The predicted molar refractivity (Wildman–Crippen MR) is 80.0 cm³/mol. The molecule has 0 aliphatic rings. The maximum Gasteiger partial charge on any atom is 0.343 e. The molecule has 0 amide bonds. The van der Waals surface area contributed by atoms with E-state index in [1.807, 2.05) is 18.2 Å². The summed E-state index contributed by atoms with van der Waals surface area (Å²) >= 11 is 1.55. The molecule has 1 heterocycles. The van der Waals surface area contributed by atoms with E-state index in [2.05, 4.69) is 22.3 Å². The third-order valence-electron chi connectivity index (χ3n) is 2.97. The molecule has 0 saturated carbocycles. The average molecular weight is 293 g/mol. The van der Waals surface area contributed by atoms with E-state index >= 15 is 0 Å². The molecule has 0 atom stereocenters. The highest BCUT2D eigenvalue weighted by molar-refractivity contribution is 7.99. The molecule has 5 nitrogen and oxygen atoms in total. The van der Waals surface area contributed by atoms with E-state index in [4.69, 9.17) is 5.11 Å². The molecule has 0 fully saturated rings. The summed E-state index contributed by atoms with van der Waals surface area (Å²) in [5.41, 5.74) is 1.04. The number of hydrogen-bond acceptors (Lipinski definition) is 4. The maximum absolute atomic E-state index is 11.7. The van der Waals surface area contributed by atoms with Gasteiger partial charge >= 0.3 is 5.69 Å². The summed E-state index contributed by atoms with van der Waals surface area (Å²) in [6, 6.07) is 10.1. The second-order valence-electron chi connectivity index (χ2n) is 4.48. The van der Waals surface area contributed by atoms with Gasteiger partial charge in [-0.2, -0.15) is 0 Å². The van der Waals surface area contributed by atoms with Gasteiger partial charge in [0.2, 0.25) is 0 Å². The van der Waals surface area contributed by atoms with Crippen molar-refractivity contribution in [3.8, 4) is 0 Å². The van der Waals surface area contributed by atoms with E-state index in [0.717, 1.165) is 30.2 Å². The minimum Gasteiger partial charge on any atom is -0.396 e. The second-order valence-corrected chi connectivity index (χ2v) is 5.54. The molecule has 0 aliphatic carbocycles. The first-order chi connectivity index (χ1) is 9.81. The fraction of sp³-hybridized carbons (Fsp3) is 0.429. The first kappa shape index (κ1) is 14.9. The van der Waals surface area contributed by atoms with E-state index in [1.165, 1.54) is 5.56 Å². The molecule has 0 aliphatic heterocycles. The Labute approximate surface area is 122 Å². The Hall–Kier alpha value is -1.53. The standard InChI is InChI=1S/C14H19N3O2S/c18-10-4-5-11-20-14-16-15-13(19)17(14)9-8-12-6-2-1-3-7-12/h1-3,6-7,18H,4-5,8-11H2,(H,15,19). The van der Waals surface area contributed by atoms with Gasteiger partial charge in [0.15, 0.2) is 5.16 Å². The van der Waals surface area contributed by atoms with E-state index in [-0.39, 0.29) is 12.3 Å². The molecule has 2 rings (SSSR count). The molecule has 1 aromatic heterocycles. The summed E-state index contributed by atoms with van der Waals surface area (Å²) in [5.74, 6) is 0.857. The van der Waals surface area contributed by atoms with E-state index in [0.29, 0.717) is 6.54 Å². The summed E-state index contributed by atoms with van der Waals surface area (Å²) in [6.45, 7) is 0.837. The Balaban J connectivity index is 1.93. The third kappa shape index (κ3) is 4.25. The van der Waals surface area contributed by atoms with Gasteiger partial charge in [-0.05, 0) is 24.8 Å². The van der Waals surface area contributed by atoms with Crippen LogP contribution in [-0.4, -0.2) is 32.2 Å². The number of unbranched alkanes of at least 4 members (excludes halogenated alkanes) is 1. The van der Waals surface area contributed by atoms with Gasteiger partial charge in [-0.25, -0.2) is 9.89 Å². The van der Waals surface area contributed by atoms with Crippen molar-refractivity contribution in [2.24, 2.45) is 0 Å². The number of aromatic nitrogens is 3. The van der Waals surface area contributed by atoms with Crippen molar-refractivity contribution in [1.82, 2.24) is 14.8 Å². The van der Waals surface area contributed by atoms with Crippen LogP contribution in [0.1, 0.15) is 18.4 Å². The normalized spacial score (nSPS) is 10.8. The van der Waals surface area contributed by atoms with Crippen LogP contribution in [0.3, 0.4) is 0 Å². The number of nitrogens with one attached hydrogen (secondary N) is 1. The van der Waals surface area contributed by atoms with Gasteiger partial charge in [-0.1, -0.05) is 42.1 Å². The number of rotatable bonds is 8. The highest BCUT2D eigenvalue weighted by Crippen LogP contribution is 2.15. The Morgan fingerprint density at radius 1 is 1.25 bits per heavy atom. The van der Waals surface area contributed by atoms with Crippen molar-refractivity contribution >= 4 is 11.8 Å². The zero-order valence-corrected chi connectivity index (χ0v) is 12.1. The highest BCUT2D eigenvalue weighted by Gasteiger charge is 2.08. The summed E-state index contributed by atoms with van der Waals surface area (Å²) in [5, 5.41) is 16.0. The molecular weight excluding hydrogens is 274 g/mol. The molecule has 6 heteroatoms. The number of aromatic amines is 1.